The lowest BCUT2D eigenvalue weighted by Crippen LogP contribution is -2.42. The highest BCUT2D eigenvalue weighted by Crippen LogP contribution is 2.51. The van der Waals surface area contributed by atoms with Crippen LogP contribution in [0.25, 0.3) is 0 Å². The molecule has 114 valence electrons. The molecule has 0 spiro atoms. The summed E-state index contributed by atoms with van der Waals surface area (Å²) in [5.41, 5.74) is 0. The second kappa shape index (κ2) is 6.57. The highest BCUT2D eigenvalue weighted by atomic mass is 16.5. The Hall–Kier alpha value is -1.10. The first-order chi connectivity index (χ1) is 9.56. The first-order valence-corrected chi connectivity index (χ1v) is 7.59. The third kappa shape index (κ3) is 3.32. The zero-order chi connectivity index (χ0) is 14.7. The second-order valence-electron chi connectivity index (χ2n) is 6.03. The van der Waals surface area contributed by atoms with Gasteiger partial charge in [0.1, 0.15) is 0 Å². The molecule has 2 aliphatic rings. The Kier molecular flexibility index (Phi) is 5.02. The molecular formula is C15H25NO4. The summed E-state index contributed by atoms with van der Waals surface area (Å²) in [6.07, 6.45) is 0.907. The van der Waals surface area contributed by atoms with Crippen molar-refractivity contribution in [2.24, 2.45) is 23.7 Å². The maximum absolute atomic E-state index is 12.5. The van der Waals surface area contributed by atoms with Crippen molar-refractivity contribution in [2.45, 2.75) is 27.2 Å². The SMILES string of the molecule is CCOC(=O)[C@@H]1[C@@H](CC(C)C)[C@H]1C(=O)N1CCOCC1. The van der Waals surface area contributed by atoms with Crippen molar-refractivity contribution in [3.8, 4) is 0 Å². The molecule has 1 saturated heterocycles. The maximum atomic E-state index is 12.5. The van der Waals surface area contributed by atoms with Gasteiger partial charge in [0.05, 0.1) is 31.7 Å². The monoisotopic (exact) mass is 283 g/mol. The summed E-state index contributed by atoms with van der Waals surface area (Å²) in [5, 5.41) is 0. The fourth-order valence-electron chi connectivity index (χ4n) is 3.10. The smallest absolute Gasteiger partial charge is 0.310 e. The van der Waals surface area contributed by atoms with Crippen molar-refractivity contribution in [1.29, 1.82) is 0 Å². The van der Waals surface area contributed by atoms with E-state index in [4.69, 9.17) is 9.47 Å². The number of hydrogen-bond acceptors (Lipinski definition) is 4. The molecular weight excluding hydrogens is 258 g/mol. The Bertz CT molecular complexity index is 363. The summed E-state index contributed by atoms with van der Waals surface area (Å²) in [7, 11) is 0. The fourth-order valence-corrected chi connectivity index (χ4v) is 3.10. The Morgan fingerprint density at radius 2 is 1.90 bits per heavy atom. The highest BCUT2D eigenvalue weighted by molar-refractivity contribution is 5.91. The summed E-state index contributed by atoms with van der Waals surface area (Å²) in [6.45, 7) is 8.89. The summed E-state index contributed by atoms with van der Waals surface area (Å²) >= 11 is 0. The van der Waals surface area contributed by atoms with Gasteiger partial charge < -0.3 is 14.4 Å². The minimum Gasteiger partial charge on any atom is -0.466 e. The van der Waals surface area contributed by atoms with E-state index in [1.807, 2.05) is 4.90 Å². The van der Waals surface area contributed by atoms with Crippen LogP contribution in [0, 0.1) is 23.7 Å². The topological polar surface area (TPSA) is 55.8 Å². The Morgan fingerprint density at radius 1 is 1.25 bits per heavy atom. The predicted octanol–water partition coefficient (Wildman–Crippen LogP) is 1.32. The number of carbonyl (C=O) groups is 2. The summed E-state index contributed by atoms with van der Waals surface area (Å²) in [4.78, 5) is 26.3. The third-order valence-corrected chi connectivity index (χ3v) is 4.08. The Labute approximate surface area is 120 Å². The largest absolute Gasteiger partial charge is 0.466 e. The molecule has 1 aliphatic carbocycles. The van der Waals surface area contributed by atoms with Crippen LogP contribution in [0.3, 0.4) is 0 Å². The molecule has 5 nitrogen and oxygen atoms in total. The zero-order valence-electron chi connectivity index (χ0n) is 12.6. The van der Waals surface area contributed by atoms with Gasteiger partial charge in [0.15, 0.2) is 0 Å². The molecule has 0 aromatic carbocycles. The molecule has 0 aromatic rings. The van der Waals surface area contributed by atoms with Crippen molar-refractivity contribution < 1.29 is 19.1 Å². The predicted molar refractivity (Wildman–Crippen MR) is 74.0 cm³/mol. The first kappa shape index (κ1) is 15.3. The number of amides is 1. The number of hydrogen-bond donors (Lipinski definition) is 0. The van der Waals surface area contributed by atoms with Crippen LogP contribution >= 0.6 is 0 Å². The van der Waals surface area contributed by atoms with E-state index in [9.17, 15) is 9.59 Å². The molecule has 5 heteroatoms. The molecule has 20 heavy (non-hydrogen) atoms. The number of nitrogens with zero attached hydrogens (tertiary/aromatic N) is 1. The van der Waals surface area contributed by atoms with Crippen molar-refractivity contribution in [1.82, 2.24) is 4.90 Å². The molecule has 0 N–H and O–H groups in total. The Balaban J connectivity index is 1.99. The van der Waals surface area contributed by atoms with Crippen LogP contribution < -0.4 is 0 Å². The van der Waals surface area contributed by atoms with Crippen LogP contribution in [0.2, 0.25) is 0 Å². The summed E-state index contributed by atoms with van der Waals surface area (Å²) in [6, 6.07) is 0. The van der Waals surface area contributed by atoms with Crippen LogP contribution in [0.4, 0.5) is 0 Å². The first-order valence-electron chi connectivity index (χ1n) is 7.59. The standard InChI is InChI=1S/C15H25NO4/c1-4-20-15(18)13-11(9-10(2)3)12(13)14(17)16-5-7-19-8-6-16/h10-13H,4-9H2,1-3H3/t11-,12+,13+/m0/s1. The van der Waals surface area contributed by atoms with Gasteiger partial charge in [-0.2, -0.15) is 0 Å². The fraction of sp³-hybridized carbons (Fsp3) is 0.867. The van der Waals surface area contributed by atoms with Gasteiger partial charge in [-0.15, -0.1) is 0 Å². The van der Waals surface area contributed by atoms with Crippen LogP contribution in [-0.4, -0.2) is 49.7 Å². The lowest BCUT2D eigenvalue weighted by atomic mass is 10.0. The van der Waals surface area contributed by atoms with E-state index in [0.29, 0.717) is 38.8 Å². The lowest BCUT2D eigenvalue weighted by molar-refractivity contribution is -0.147. The van der Waals surface area contributed by atoms with E-state index in [1.165, 1.54) is 0 Å². The van der Waals surface area contributed by atoms with Gasteiger partial charge >= 0.3 is 5.97 Å². The van der Waals surface area contributed by atoms with Gasteiger partial charge in [0, 0.05) is 13.1 Å². The molecule has 0 aromatic heterocycles. The highest BCUT2D eigenvalue weighted by Gasteiger charge is 2.60. The molecule has 1 heterocycles. The lowest BCUT2D eigenvalue weighted by Gasteiger charge is -2.27. The van der Waals surface area contributed by atoms with E-state index in [0.717, 1.165) is 6.42 Å². The number of carbonyl (C=O) groups excluding carboxylic acids is 2. The number of rotatable bonds is 5. The molecule has 2 fully saturated rings. The van der Waals surface area contributed by atoms with E-state index in [1.54, 1.807) is 6.92 Å². The van der Waals surface area contributed by atoms with Crippen molar-refractivity contribution in [3.05, 3.63) is 0 Å². The van der Waals surface area contributed by atoms with Gasteiger partial charge in [-0.05, 0) is 25.2 Å². The average Bonchev–Trinajstić information content (AvgIpc) is 3.12. The minimum absolute atomic E-state index is 0.108. The molecule has 2 rings (SSSR count). The molecule has 0 radical (unpaired) electrons. The van der Waals surface area contributed by atoms with E-state index in [-0.39, 0.29) is 29.6 Å². The van der Waals surface area contributed by atoms with Gasteiger partial charge in [-0.1, -0.05) is 13.8 Å². The van der Waals surface area contributed by atoms with E-state index >= 15 is 0 Å². The Morgan fingerprint density at radius 3 is 2.45 bits per heavy atom. The third-order valence-electron chi connectivity index (χ3n) is 4.08. The molecule has 0 bridgehead atoms. The number of morpholine rings is 1. The average molecular weight is 283 g/mol. The van der Waals surface area contributed by atoms with Gasteiger partial charge in [-0.3, -0.25) is 9.59 Å². The van der Waals surface area contributed by atoms with Gasteiger partial charge in [-0.25, -0.2) is 0 Å². The molecule has 1 aliphatic heterocycles. The van der Waals surface area contributed by atoms with Crippen LogP contribution in [0.15, 0.2) is 0 Å². The number of ether oxygens (including phenoxy) is 2. The van der Waals surface area contributed by atoms with Gasteiger partial charge in [0.2, 0.25) is 5.91 Å². The molecule has 3 atom stereocenters. The summed E-state index contributed by atoms with van der Waals surface area (Å²) in [5.74, 6) is 0.146. The quantitative estimate of drug-likeness (QED) is 0.714. The van der Waals surface area contributed by atoms with E-state index < -0.39 is 0 Å². The van der Waals surface area contributed by atoms with Crippen LogP contribution in [0.5, 0.6) is 0 Å². The van der Waals surface area contributed by atoms with Crippen molar-refractivity contribution >= 4 is 11.9 Å². The van der Waals surface area contributed by atoms with Gasteiger partial charge in [0.25, 0.3) is 0 Å². The van der Waals surface area contributed by atoms with Crippen LogP contribution in [0.1, 0.15) is 27.2 Å². The molecule has 0 unspecified atom stereocenters. The second-order valence-corrected chi connectivity index (χ2v) is 6.03. The summed E-state index contributed by atoms with van der Waals surface area (Å²) < 4.78 is 10.4. The number of esters is 1. The molecule has 1 saturated carbocycles. The normalized spacial score (nSPS) is 29.4. The van der Waals surface area contributed by atoms with Crippen molar-refractivity contribution in [2.75, 3.05) is 32.9 Å². The maximum Gasteiger partial charge on any atom is 0.310 e. The van der Waals surface area contributed by atoms with E-state index in [2.05, 4.69) is 13.8 Å². The molecule has 1 amide bonds. The zero-order valence-corrected chi connectivity index (χ0v) is 12.6. The minimum atomic E-state index is -0.229. The van der Waals surface area contributed by atoms with Crippen LogP contribution in [-0.2, 0) is 19.1 Å². The van der Waals surface area contributed by atoms with Crippen molar-refractivity contribution in [3.63, 3.8) is 0 Å².